The van der Waals surface area contributed by atoms with Gasteiger partial charge < -0.3 is 4.57 Å². The first-order valence-electron chi connectivity index (χ1n) is 7.83. The molecule has 0 aromatic carbocycles. The van der Waals surface area contributed by atoms with Gasteiger partial charge in [-0.3, -0.25) is 14.3 Å². The SMILES string of the molecule is O=c1[nH]c(=O)n(CC2CCC2)c2c1n[c]n2CC1CCC1. The van der Waals surface area contributed by atoms with Crippen LogP contribution in [0.25, 0.3) is 11.2 Å². The van der Waals surface area contributed by atoms with E-state index < -0.39 is 5.56 Å². The second kappa shape index (κ2) is 4.86. The fourth-order valence-corrected chi connectivity index (χ4v) is 3.25. The summed E-state index contributed by atoms with van der Waals surface area (Å²) in [4.78, 5) is 30.6. The first kappa shape index (κ1) is 12.9. The molecular formula is C15H19N4O2. The van der Waals surface area contributed by atoms with Gasteiger partial charge in [0, 0.05) is 13.1 Å². The highest BCUT2D eigenvalue weighted by Crippen LogP contribution is 2.30. The maximum atomic E-state index is 12.2. The number of hydrogen-bond acceptors (Lipinski definition) is 3. The number of aromatic amines is 1. The summed E-state index contributed by atoms with van der Waals surface area (Å²) in [5.74, 6) is 1.18. The quantitative estimate of drug-likeness (QED) is 0.921. The second-order valence-electron chi connectivity index (χ2n) is 6.46. The first-order valence-corrected chi connectivity index (χ1v) is 7.83. The Balaban J connectivity index is 1.81. The van der Waals surface area contributed by atoms with Crippen LogP contribution in [0.5, 0.6) is 0 Å². The Hall–Kier alpha value is -1.85. The maximum Gasteiger partial charge on any atom is 0.330 e. The zero-order valence-corrected chi connectivity index (χ0v) is 12.0. The Morgan fingerprint density at radius 2 is 1.76 bits per heavy atom. The van der Waals surface area contributed by atoms with Gasteiger partial charge in [-0.05, 0) is 37.5 Å². The van der Waals surface area contributed by atoms with Crippen molar-refractivity contribution in [3.63, 3.8) is 0 Å². The summed E-state index contributed by atoms with van der Waals surface area (Å²) in [5.41, 5.74) is 0.280. The lowest BCUT2D eigenvalue weighted by atomic mass is 9.85. The van der Waals surface area contributed by atoms with Crippen molar-refractivity contribution in [3.8, 4) is 0 Å². The van der Waals surface area contributed by atoms with Crippen molar-refractivity contribution >= 4 is 11.2 Å². The van der Waals surface area contributed by atoms with Crippen molar-refractivity contribution in [3.05, 3.63) is 27.2 Å². The van der Waals surface area contributed by atoms with Crippen LogP contribution in [0.3, 0.4) is 0 Å². The van der Waals surface area contributed by atoms with E-state index in [-0.39, 0.29) is 5.69 Å². The molecule has 21 heavy (non-hydrogen) atoms. The molecule has 0 bridgehead atoms. The molecule has 4 rings (SSSR count). The van der Waals surface area contributed by atoms with E-state index >= 15 is 0 Å². The van der Waals surface area contributed by atoms with E-state index in [1.807, 2.05) is 4.57 Å². The van der Waals surface area contributed by atoms with Crippen LogP contribution >= 0.6 is 0 Å². The molecule has 2 aliphatic rings. The summed E-state index contributed by atoms with van der Waals surface area (Å²) in [7, 11) is 0. The molecule has 111 valence electrons. The predicted octanol–water partition coefficient (Wildman–Crippen LogP) is 1.29. The third kappa shape index (κ3) is 2.13. The molecule has 0 aliphatic heterocycles. The standard InChI is InChI=1S/C15H19N4O2/c20-13-12-14(18(9-16-12)7-10-3-1-4-10)19(15(21)17-13)8-11-5-2-6-11/h10-11H,1-8H2,(H,17,20,21). The molecule has 0 amide bonds. The largest absolute Gasteiger partial charge is 0.330 e. The van der Waals surface area contributed by atoms with Crippen molar-refractivity contribution in [1.29, 1.82) is 0 Å². The van der Waals surface area contributed by atoms with Crippen LogP contribution in [0.4, 0.5) is 0 Å². The average molecular weight is 287 g/mol. The topological polar surface area (TPSA) is 72.7 Å². The van der Waals surface area contributed by atoms with Crippen LogP contribution in [-0.2, 0) is 13.1 Å². The summed E-state index contributed by atoms with van der Waals surface area (Å²) in [6.07, 6.45) is 10.2. The van der Waals surface area contributed by atoms with Gasteiger partial charge in [-0.15, -0.1) is 0 Å². The molecule has 2 aromatic heterocycles. The smallest absolute Gasteiger partial charge is 0.307 e. The zero-order valence-electron chi connectivity index (χ0n) is 12.0. The minimum atomic E-state index is -0.400. The number of imidazole rings is 1. The molecule has 2 saturated carbocycles. The van der Waals surface area contributed by atoms with Crippen molar-refractivity contribution in [1.82, 2.24) is 19.1 Å². The van der Waals surface area contributed by atoms with Gasteiger partial charge in [0.05, 0.1) is 0 Å². The van der Waals surface area contributed by atoms with Gasteiger partial charge in [0.15, 0.2) is 17.5 Å². The normalized spacial score (nSPS) is 19.6. The Morgan fingerprint density at radius 1 is 1.10 bits per heavy atom. The molecule has 0 atom stereocenters. The molecular weight excluding hydrogens is 268 g/mol. The number of H-pyrrole nitrogens is 1. The van der Waals surface area contributed by atoms with Crippen LogP contribution in [0, 0.1) is 18.2 Å². The third-order valence-corrected chi connectivity index (χ3v) is 5.02. The number of hydrogen-bond donors (Lipinski definition) is 1. The molecule has 1 N–H and O–H groups in total. The van der Waals surface area contributed by atoms with Gasteiger partial charge in [0.1, 0.15) is 0 Å². The van der Waals surface area contributed by atoms with Gasteiger partial charge in [-0.1, -0.05) is 12.8 Å². The lowest BCUT2D eigenvalue weighted by Gasteiger charge is -2.28. The summed E-state index contributed by atoms with van der Waals surface area (Å²) in [5, 5.41) is 0. The van der Waals surface area contributed by atoms with E-state index in [0.717, 1.165) is 19.4 Å². The van der Waals surface area contributed by atoms with Crippen LogP contribution in [0.15, 0.2) is 9.59 Å². The van der Waals surface area contributed by atoms with Crippen molar-refractivity contribution in [2.24, 2.45) is 11.8 Å². The molecule has 0 saturated heterocycles. The lowest BCUT2D eigenvalue weighted by molar-refractivity contribution is 0.266. The number of nitrogens with zero attached hydrogens (tertiary/aromatic N) is 3. The van der Waals surface area contributed by atoms with Crippen LogP contribution in [0.1, 0.15) is 38.5 Å². The Bertz CT molecular complexity index is 777. The summed E-state index contributed by atoms with van der Waals surface area (Å²) < 4.78 is 3.58. The fraction of sp³-hybridized carbons (Fsp3) is 0.667. The summed E-state index contributed by atoms with van der Waals surface area (Å²) in [6.45, 7) is 1.49. The zero-order chi connectivity index (χ0) is 14.4. The maximum absolute atomic E-state index is 12.2. The fourth-order valence-electron chi connectivity index (χ4n) is 3.25. The van der Waals surface area contributed by atoms with Gasteiger partial charge >= 0.3 is 5.69 Å². The molecule has 2 aromatic rings. The highest BCUT2D eigenvalue weighted by atomic mass is 16.2. The Labute approximate surface area is 121 Å². The predicted molar refractivity (Wildman–Crippen MR) is 78.1 cm³/mol. The van der Waals surface area contributed by atoms with Crippen molar-refractivity contribution < 1.29 is 0 Å². The molecule has 0 unspecified atom stereocenters. The first-order chi connectivity index (χ1) is 10.2. The molecule has 2 heterocycles. The van der Waals surface area contributed by atoms with Gasteiger partial charge in [0.2, 0.25) is 0 Å². The Kier molecular flexibility index (Phi) is 2.97. The second-order valence-corrected chi connectivity index (χ2v) is 6.46. The van der Waals surface area contributed by atoms with E-state index in [9.17, 15) is 9.59 Å². The summed E-state index contributed by atoms with van der Waals surface area (Å²) >= 11 is 0. The molecule has 2 aliphatic carbocycles. The number of rotatable bonds is 4. The molecule has 1 radical (unpaired) electrons. The number of aromatic nitrogens is 4. The lowest BCUT2D eigenvalue weighted by Crippen LogP contribution is -2.34. The monoisotopic (exact) mass is 287 g/mol. The van der Waals surface area contributed by atoms with Crippen molar-refractivity contribution in [2.75, 3.05) is 0 Å². The number of nitrogens with one attached hydrogen (secondary N) is 1. The van der Waals surface area contributed by atoms with Gasteiger partial charge in [0.25, 0.3) is 5.56 Å². The van der Waals surface area contributed by atoms with E-state index in [1.54, 1.807) is 4.57 Å². The van der Waals surface area contributed by atoms with Crippen LogP contribution < -0.4 is 11.2 Å². The molecule has 6 nitrogen and oxygen atoms in total. The summed E-state index contributed by atoms with van der Waals surface area (Å²) in [6, 6.07) is 0. The van der Waals surface area contributed by atoms with Crippen LogP contribution in [0.2, 0.25) is 0 Å². The van der Waals surface area contributed by atoms with Gasteiger partial charge in [-0.25, -0.2) is 9.78 Å². The van der Waals surface area contributed by atoms with Gasteiger partial charge in [-0.2, -0.15) is 0 Å². The molecule has 6 heteroatoms. The van der Waals surface area contributed by atoms with E-state index in [1.165, 1.54) is 25.7 Å². The highest BCUT2D eigenvalue weighted by Gasteiger charge is 2.24. The molecule has 2 fully saturated rings. The third-order valence-electron chi connectivity index (χ3n) is 5.02. The van der Waals surface area contributed by atoms with E-state index in [0.29, 0.717) is 29.5 Å². The van der Waals surface area contributed by atoms with E-state index in [4.69, 9.17) is 0 Å². The molecule has 0 spiro atoms. The average Bonchev–Trinajstić information content (AvgIpc) is 2.76. The van der Waals surface area contributed by atoms with Crippen LogP contribution in [-0.4, -0.2) is 19.1 Å². The minimum absolute atomic E-state index is 0.317. The highest BCUT2D eigenvalue weighted by molar-refractivity contribution is 5.69. The Morgan fingerprint density at radius 3 is 2.38 bits per heavy atom. The van der Waals surface area contributed by atoms with Crippen molar-refractivity contribution in [2.45, 2.75) is 51.6 Å². The van der Waals surface area contributed by atoms with E-state index in [2.05, 4.69) is 16.3 Å². The number of fused-ring (bicyclic) bond motifs is 1. The minimum Gasteiger partial charge on any atom is -0.307 e.